The number of hydrogen-bond acceptors (Lipinski definition) is 1. The monoisotopic (exact) mass is 334 g/mol. The molecule has 1 nitrogen and oxygen atoms in total. The van der Waals surface area contributed by atoms with Crippen molar-refractivity contribution < 1.29 is 4.79 Å². The lowest BCUT2D eigenvalue weighted by Crippen LogP contribution is -2.42. The third-order valence-corrected chi connectivity index (χ3v) is 5.95. The van der Waals surface area contributed by atoms with Crippen molar-refractivity contribution in [3.05, 3.63) is 71.8 Å². The number of ketones is 1. The van der Waals surface area contributed by atoms with Crippen LogP contribution in [0.15, 0.2) is 60.7 Å². The lowest BCUT2D eigenvalue weighted by Gasteiger charge is -2.45. The van der Waals surface area contributed by atoms with Gasteiger partial charge in [-0.1, -0.05) is 93.3 Å². The van der Waals surface area contributed by atoms with Crippen LogP contribution in [0.3, 0.4) is 0 Å². The Morgan fingerprint density at radius 2 is 1.48 bits per heavy atom. The van der Waals surface area contributed by atoms with Gasteiger partial charge in [-0.2, -0.15) is 0 Å². The van der Waals surface area contributed by atoms with Crippen LogP contribution in [-0.4, -0.2) is 5.78 Å². The molecule has 1 saturated carbocycles. The van der Waals surface area contributed by atoms with Crippen LogP contribution in [0.25, 0.3) is 0 Å². The fourth-order valence-electron chi connectivity index (χ4n) is 4.66. The summed E-state index contributed by atoms with van der Waals surface area (Å²) >= 11 is 0. The quantitative estimate of drug-likeness (QED) is 0.542. The molecule has 3 rings (SSSR count). The molecule has 0 spiro atoms. The van der Waals surface area contributed by atoms with Crippen molar-refractivity contribution in [3.8, 4) is 0 Å². The number of Topliss-reactive ketones (excluding diaryl/α,β-unsaturated/α-hetero) is 1. The first-order chi connectivity index (χ1) is 12.3. The highest BCUT2D eigenvalue weighted by molar-refractivity contribution is 5.80. The molecule has 1 atom stereocenters. The highest BCUT2D eigenvalue weighted by Gasteiger charge is 2.45. The van der Waals surface area contributed by atoms with Gasteiger partial charge in [-0.25, -0.2) is 0 Å². The normalized spacial score (nSPS) is 19.7. The number of benzene rings is 2. The molecule has 25 heavy (non-hydrogen) atoms. The maximum absolute atomic E-state index is 12.3. The van der Waals surface area contributed by atoms with Crippen molar-refractivity contribution in [2.75, 3.05) is 0 Å². The fraction of sp³-hybridized carbons (Fsp3) is 0.458. The van der Waals surface area contributed by atoms with Crippen LogP contribution >= 0.6 is 0 Å². The smallest absolute Gasteiger partial charge is 0.133 e. The predicted octanol–water partition coefficient (Wildman–Crippen LogP) is 6.31. The molecule has 0 N–H and O–H groups in total. The molecule has 132 valence electrons. The zero-order valence-electron chi connectivity index (χ0n) is 15.4. The average Bonchev–Trinajstić information content (AvgIpc) is 2.67. The van der Waals surface area contributed by atoms with Crippen molar-refractivity contribution in [2.45, 2.75) is 63.7 Å². The standard InChI is InChI=1S/C24H30O/c1-2-3-4-7-16-22-19-23(25)17-18-24(22,20-12-8-5-9-13-20)21-14-10-6-11-15-21/h5-6,8-15,22H,2-4,7,16-19H2,1H3/t22-/m1/s1. The first-order valence-corrected chi connectivity index (χ1v) is 9.90. The van der Waals surface area contributed by atoms with Gasteiger partial charge in [0, 0.05) is 18.3 Å². The zero-order chi connectivity index (χ0) is 17.5. The highest BCUT2D eigenvalue weighted by atomic mass is 16.1. The Hall–Kier alpha value is -1.89. The van der Waals surface area contributed by atoms with Crippen molar-refractivity contribution >= 4 is 5.78 Å². The Bertz CT molecular complexity index is 620. The molecule has 0 saturated heterocycles. The minimum atomic E-state index is -0.0113. The van der Waals surface area contributed by atoms with E-state index < -0.39 is 0 Å². The second-order valence-electron chi connectivity index (χ2n) is 7.49. The van der Waals surface area contributed by atoms with Crippen molar-refractivity contribution in [1.29, 1.82) is 0 Å². The van der Waals surface area contributed by atoms with Crippen LogP contribution in [0, 0.1) is 5.92 Å². The zero-order valence-corrected chi connectivity index (χ0v) is 15.4. The van der Waals surface area contributed by atoms with Crippen LogP contribution in [0.5, 0.6) is 0 Å². The fourth-order valence-corrected chi connectivity index (χ4v) is 4.66. The van der Waals surface area contributed by atoms with E-state index in [9.17, 15) is 4.79 Å². The summed E-state index contributed by atoms with van der Waals surface area (Å²) in [6.07, 6.45) is 8.59. The number of rotatable bonds is 7. The maximum atomic E-state index is 12.3. The van der Waals surface area contributed by atoms with Crippen LogP contribution in [0.4, 0.5) is 0 Å². The summed E-state index contributed by atoms with van der Waals surface area (Å²) in [6.45, 7) is 2.25. The molecule has 1 heteroatoms. The van der Waals surface area contributed by atoms with E-state index in [4.69, 9.17) is 0 Å². The van der Waals surface area contributed by atoms with E-state index in [0.717, 1.165) is 19.3 Å². The summed E-state index contributed by atoms with van der Waals surface area (Å²) < 4.78 is 0. The molecule has 0 radical (unpaired) electrons. The summed E-state index contributed by atoms with van der Waals surface area (Å²) in [7, 11) is 0. The summed E-state index contributed by atoms with van der Waals surface area (Å²) in [5.41, 5.74) is 2.76. The van der Waals surface area contributed by atoms with Crippen molar-refractivity contribution in [2.24, 2.45) is 5.92 Å². The second kappa shape index (κ2) is 8.47. The maximum Gasteiger partial charge on any atom is 0.133 e. The molecule has 0 unspecified atom stereocenters. The number of hydrogen-bond donors (Lipinski definition) is 0. The summed E-state index contributed by atoms with van der Waals surface area (Å²) in [5.74, 6) is 0.860. The van der Waals surface area contributed by atoms with Gasteiger partial charge in [0.05, 0.1) is 0 Å². The molecule has 0 aromatic heterocycles. The number of carbonyl (C=O) groups excluding carboxylic acids is 1. The molecule has 0 aliphatic heterocycles. The van der Waals surface area contributed by atoms with E-state index in [1.165, 1.54) is 36.8 Å². The molecule has 0 bridgehead atoms. The molecule has 0 heterocycles. The summed E-state index contributed by atoms with van der Waals surface area (Å²) in [6, 6.07) is 21.8. The van der Waals surface area contributed by atoms with E-state index in [0.29, 0.717) is 18.1 Å². The largest absolute Gasteiger partial charge is 0.300 e. The van der Waals surface area contributed by atoms with E-state index in [1.54, 1.807) is 0 Å². The molecular formula is C24H30O. The van der Waals surface area contributed by atoms with Crippen LogP contribution in [-0.2, 0) is 10.2 Å². The van der Waals surface area contributed by atoms with Gasteiger partial charge in [-0.05, 0) is 29.9 Å². The molecule has 1 aliphatic rings. The van der Waals surface area contributed by atoms with E-state index >= 15 is 0 Å². The van der Waals surface area contributed by atoms with Gasteiger partial charge in [0.2, 0.25) is 0 Å². The SMILES string of the molecule is CCCCCC[C@@H]1CC(=O)CCC1(c1ccccc1)c1ccccc1. The van der Waals surface area contributed by atoms with Crippen LogP contribution < -0.4 is 0 Å². The van der Waals surface area contributed by atoms with Crippen molar-refractivity contribution in [1.82, 2.24) is 0 Å². The molecule has 0 amide bonds. The Kier molecular flexibility index (Phi) is 6.07. The predicted molar refractivity (Wildman–Crippen MR) is 105 cm³/mol. The number of carbonyl (C=O) groups is 1. The molecule has 1 fully saturated rings. The van der Waals surface area contributed by atoms with Gasteiger partial charge in [0.1, 0.15) is 5.78 Å². The number of unbranched alkanes of at least 4 members (excludes halogenated alkanes) is 3. The van der Waals surface area contributed by atoms with Gasteiger partial charge in [0.15, 0.2) is 0 Å². The second-order valence-corrected chi connectivity index (χ2v) is 7.49. The lowest BCUT2D eigenvalue weighted by atomic mass is 9.57. The first kappa shape index (κ1) is 17.9. The third kappa shape index (κ3) is 3.86. The van der Waals surface area contributed by atoms with Crippen molar-refractivity contribution in [3.63, 3.8) is 0 Å². The lowest BCUT2D eigenvalue weighted by molar-refractivity contribution is -0.123. The summed E-state index contributed by atoms with van der Waals surface area (Å²) in [5, 5.41) is 0. The van der Waals surface area contributed by atoms with E-state index in [1.807, 2.05) is 0 Å². The van der Waals surface area contributed by atoms with E-state index in [-0.39, 0.29) is 5.41 Å². The molecule has 1 aliphatic carbocycles. The topological polar surface area (TPSA) is 17.1 Å². The average molecular weight is 335 g/mol. The van der Waals surface area contributed by atoms with Gasteiger partial charge in [0.25, 0.3) is 0 Å². The van der Waals surface area contributed by atoms with Crippen LogP contribution in [0.1, 0.15) is 69.4 Å². The molecule has 2 aromatic rings. The minimum Gasteiger partial charge on any atom is -0.300 e. The Morgan fingerprint density at radius 1 is 0.880 bits per heavy atom. The first-order valence-electron chi connectivity index (χ1n) is 9.90. The molecule has 2 aromatic carbocycles. The Balaban J connectivity index is 1.99. The third-order valence-electron chi connectivity index (χ3n) is 5.95. The molecular weight excluding hydrogens is 304 g/mol. The van der Waals surface area contributed by atoms with Gasteiger partial charge >= 0.3 is 0 Å². The minimum absolute atomic E-state index is 0.0113. The van der Waals surface area contributed by atoms with E-state index in [2.05, 4.69) is 67.6 Å². The van der Waals surface area contributed by atoms with Gasteiger partial charge in [-0.15, -0.1) is 0 Å². The Labute approximate surface area is 152 Å². The highest BCUT2D eigenvalue weighted by Crippen LogP contribution is 2.49. The van der Waals surface area contributed by atoms with Gasteiger partial charge < -0.3 is 0 Å². The Morgan fingerprint density at radius 3 is 2.04 bits per heavy atom. The van der Waals surface area contributed by atoms with Gasteiger partial charge in [-0.3, -0.25) is 4.79 Å². The van der Waals surface area contributed by atoms with Crippen LogP contribution in [0.2, 0.25) is 0 Å². The summed E-state index contributed by atoms with van der Waals surface area (Å²) in [4.78, 5) is 12.3.